The van der Waals surface area contributed by atoms with Gasteiger partial charge in [-0.1, -0.05) is 30.3 Å². The fourth-order valence-corrected chi connectivity index (χ4v) is 1.21. The van der Waals surface area contributed by atoms with Gasteiger partial charge >= 0.3 is 0 Å². The van der Waals surface area contributed by atoms with Gasteiger partial charge in [0.15, 0.2) is 0 Å². The van der Waals surface area contributed by atoms with E-state index in [2.05, 4.69) is 17.4 Å². The SMILES string of the molecule is NC(=O)CCNCCc1ccccc1. The van der Waals surface area contributed by atoms with Crippen LogP contribution in [0.25, 0.3) is 0 Å². The highest BCUT2D eigenvalue weighted by Crippen LogP contribution is 1.97. The second kappa shape index (κ2) is 6.16. The van der Waals surface area contributed by atoms with Crippen molar-refractivity contribution in [2.24, 2.45) is 5.73 Å². The molecule has 3 N–H and O–H groups in total. The van der Waals surface area contributed by atoms with E-state index in [1.165, 1.54) is 5.56 Å². The summed E-state index contributed by atoms with van der Waals surface area (Å²) in [6.45, 7) is 1.56. The molecular weight excluding hydrogens is 176 g/mol. The minimum atomic E-state index is -0.253. The highest BCUT2D eigenvalue weighted by molar-refractivity contribution is 5.73. The molecule has 1 amide bonds. The molecule has 14 heavy (non-hydrogen) atoms. The Morgan fingerprint density at radius 1 is 1.21 bits per heavy atom. The van der Waals surface area contributed by atoms with Crippen LogP contribution in [0.15, 0.2) is 30.3 Å². The lowest BCUT2D eigenvalue weighted by Gasteiger charge is -2.02. The molecule has 0 aliphatic carbocycles. The van der Waals surface area contributed by atoms with Gasteiger partial charge in [-0.05, 0) is 18.5 Å². The zero-order valence-corrected chi connectivity index (χ0v) is 8.20. The molecule has 0 bridgehead atoms. The van der Waals surface area contributed by atoms with Gasteiger partial charge in [0, 0.05) is 13.0 Å². The van der Waals surface area contributed by atoms with Crippen molar-refractivity contribution in [2.45, 2.75) is 12.8 Å². The molecule has 0 aliphatic heterocycles. The van der Waals surface area contributed by atoms with Gasteiger partial charge in [0.2, 0.25) is 5.91 Å². The molecule has 1 rings (SSSR count). The number of hydrogen-bond acceptors (Lipinski definition) is 2. The van der Waals surface area contributed by atoms with Crippen molar-refractivity contribution in [2.75, 3.05) is 13.1 Å². The van der Waals surface area contributed by atoms with Crippen molar-refractivity contribution in [3.8, 4) is 0 Å². The molecule has 0 spiro atoms. The molecule has 0 saturated heterocycles. The maximum atomic E-state index is 10.4. The van der Waals surface area contributed by atoms with Crippen molar-refractivity contribution in [1.29, 1.82) is 0 Å². The Labute approximate surface area is 84.3 Å². The third kappa shape index (κ3) is 4.62. The topological polar surface area (TPSA) is 55.1 Å². The first-order chi connectivity index (χ1) is 6.79. The van der Waals surface area contributed by atoms with Crippen molar-refractivity contribution in [3.63, 3.8) is 0 Å². The number of amides is 1. The summed E-state index contributed by atoms with van der Waals surface area (Å²) in [5.74, 6) is -0.253. The summed E-state index contributed by atoms with van der Waals surface area (Å²) >= 11 is 0. The molecule has 3 heteroatoms. The Morgan fingerprint density at radius 2 is 1.93 bits per heavy atom. The van der Waals surface area contributed by atoms with Crippen LogP contribution in [0.1, 0.15) is 12.0 Å². The van der Waals surface area contributed by atoms with E-state index in [0.717, 1.165) is 13.0 Å². The van der Waals surface area contributed by atoms with E-state index in [9.17, 15) is 4.79 Å². The first kappa shape index (κ1) is 10.7. The van der Waals surface area contributed by atoms with E-state index in [1.54, 1.807) is 0 Å². The Bertz CT molecular complexity index is 272. The molecule has 0 aromatic heterocycles. The number of rotatable bonds is 6. The fourth-order valence-electron chi connectivity index (χ4n) is 1.21. The lowest BCUT2D eigenvalue weighted by atomic mass is 10.1. The third-order valence-electron chi connectivity index (χ3n) is 1.98. The zero-order chi connectivity index (χ0) is 10.2. The van der Waals surface area contributed by atoms with Crippen LogP contribution in [-0.4, -0.2) is 19.0 Å². The second-order valence-electron chi connectivity index (χ2n) is 3.20. The standard InChI is InChI=1S/C11H16N2O/c12-11(14)7-9-13-8-6-10-4-2-1-3-5-10/h1-5,13H,6-9H2,(H2,12,14). The predicted octanol–water partition coefficient (Wildman–Crippen LogP) is 0.694. The van der Waals surface area contributed by atoms with Gasteiger partial charge in [-0.15, -0.1) is 0 Å². The summed E-state index contributed by atoms with van der Waals surface area (Å²) in [7, 11) is 0. The van der Waals surface area contributed by atoms with Crippen LogP contribution < -0.4 is 11.1 Å². The molecule has 0 radical (unpaired) electrons. The van der Waals surface area contributed by atoms with Crippen molar-refractivity contribution < 1.29 is 4.79 Å². The summed E-state index contributed by atoms with van der Waals surface area (Å²) in [6.07, 6.45) is 1.40. The van der Waals surface area contributed by atoms with E-state index in [1.807, 2.05) is 18.2 Å². The summed E-state index contributed by atoms with van der Waals surface area (Å²) in [5.41, 5.74) is 6.31. The Morgan fingerprint density at radius 3 is 2.57 bits per heavy atom. The molecule has 0 saturated carbocycles. The van der Waals surface area contributed by atoms with E-state index < -0.39 is 0 Å². The largest absolute Gasteiger partial charge is 0.370 e. The highest BCUT2D eigenvalue weighted by atomic mass is 16.1. The highest BCUT2D eigenvalue weighted by Gasteiger charge is 1.94. The zero-order valence-electron chi connectivity index (χ0n) is 8.20. The van der Waals surface area contributed by atoms with E-state index >= 15 is 0 Å². The van der Waals surface area contributed by atoms with Crippen LogP contribution in [0.3, 0.4) is 0 Å². The molecular formula is C11H16N2O. The molecule has 0 aliphatic rings. The molecule has 3 nitrogen and oxygen atoms in total. The average molecular weight is 192 g/mol. The summed E-state index contributed by atoms with van der Waals surface area (Å²) in [5, 5.41) is 3.16. The Balaban J connectivity index is 2.08. The van der Waals surface area contributed by atoms with E-state index in [4.69, 9.17) is 5.73 Å². The van der Waals surface area contributed by atoms with Gasteiger partial charge in [0.1, 0.15) is 0 Å². The van der Waals surface area contributed by atoms with Crippen LogP contribution >= 0.6 is 0 Å². The van der Waals surface area contributed by atoms with Gasteiger partial charge in [-0.25, -0.2) is 0 Å². The lowest BCUT2D eigenvalue weighted by Crippen LogP contribution is -2.23. The number of carbonyl (C=O) groups is 1. The van der Waals surface area contributed by atoms with Crippen LogP contribution in [-0.2, 0) is 11.2 Å². The first-order valence-electron chi connectivity index (χ1n) is 4.82. The van der Waals surface area contributed by atoms with Gasteiger partial charge in [0.25, 0.3) is 0 Å². The summed E-state index contributed by atoms with van der Waals surface area (Å²) in [4.78, 5) is 10.4. The third-order valence-corrected chi connectivity index (χ3v) is 1.98. The number of nitrogens with one attached hydrogen (secondary N) is 1. The van der Waals surface area contributed by atoms with Gasteiger partial charge in [-0.3, -0.25) is 4.79 Å². The van der Waals surface area contributed by atoms with Crippen LogP contribution in [0.4, 0.5) is 0 Å². The maximum absolute atomic E-state index is 10.4. The first-order valence-corrected chi connectivity index (χ1v) is 4.82. The summed E-state index contributed by atoms with van der Waals surface area (Å²) < 4.78 is 0. The predicted molar refractivity (Wildman–Crippen MR) is 56.8 cm³/mol. The average Bonchev–Trinajstić information content (AvgIpc) is 2.18. The number of nitrogens with two attached hydrogens (primary N) is 1. The van der Waals surface area contributed by atoms with Crippen molar-refractivity contribution in [1.82, 2.24) is 5.32 Å². The molecule has 0 heterocycles. The van der Waals surface area contributed by atoms with Gasteiger partial charge in [-0.2, -0.15) is 0 Å². The van der Waals surface area contributed by atoms with Crippen molar-refractivity contribution in [3.05, 3.63) is 35.9 Å². The Hall–Kier alpha value is -1.35. The van der Waals surface area contributed by atoms with E-state index in [0.29, 0.717) is 13.0 Å². The molecule has 0 unspecified atom stereocenters. The normalized spacial score (nSPS) is 10.0. The molecule has 1 aromatic rings. The maximum Gasteiger partial charge on any atom is 0.218 e. The monoisotopic (exact) mass is 192 g/mol. The number of benzene rings is 1. The quantitative estimate of drug-likeness (QED) is 0.652. The van der Waals surface area contributed by atoms with Crippen LogP contribution in [0, 0.1) is 0 Å². The lowest BCUT2D eigenvalue weighted by molar-refractivity contribution is -0.117. The van der Waals surface area contributed by atoms with E-state index in [-0.39, 0.29) is 5.91 Å². The minimum Gasteiger partial charge on any atom is -0.370 e. The van der Waals surface area contributed by atoms with Gasteiger partial charge in [0.05, 0.1) is 0 Å². The number of primary amides is 1. The van der Waals surface area contributed by atoms with Crippen LogP contribution in [0.5, 0.6) is 0 Å². The van der Waals surface area contributed by atoms with Crippen LogP contribution in [0.2, 0.25) is 0 Å². The Kier molecular flexibility index (Phi) is 4.72. The molecule has 76 valence electrons. The fraction of sp³-hybridized carbons (Fsp3) is 0.364. The minimum absolute atomic E-state index is 0.253. The second-order valence-corrected chi connectivity index (χ2v) is 3.20. The molecule has 0 fully saturated rings. The summed E-state index contributed by atoms with van der Waals surface area (Å²) in [6, 6.07) is 10.2. The number of carbonyl (C=O) groups excluding carboxylic acids is 1. The van der Waals surface area contributed by atoms with Crippen molar-refractivity contribution >= 4 is 5.91 Å². The number of hydrogen-bond donors (Lipinski definition) is 2. The van der Waals surface area contributed by atoms with Gasteiger partial charge < -0.3 is 11.1 Å². The molecule has 0 atom stereocenters. The molecule has 1 aromatic carbocycles. The smallest absolute Gasteiger partial charge is 0.218 e.